The van der Waals surface area contributed by atoms with Crippen molar-refractivity contribution in [3.63, 3.8) is 0 Å². The number of carbonyl (C=O) groups excluding carboxylic acids is 3. The van der Waals surface area contributed by atoms with Gasteiger partial charge in [0, 0.05) is 19.3 Å². The molecule has 10 nitrogen and oxygen atoms in total. The normalized spacial score (nSPS) is 13.8. The van der Waals surface area contributed by atoms with Gasteiger partial charge in [-0.3, -0.25) is 19.2 Å². The van der Waals surface area contributed by atoms with Gasteiger partial charge in [0.2, 0.25) is 0 Å². The van der Waals surface area contributed by atoms with Gasteiger partial charge in [-0.2, -0.15) is 0 Å². The SMILES string of the molecule is CC(=O)OCCOCCC(=O)O.CC(=O)OCCOCCC(=O)OCC1(C)CCC1. The van der Waals surface area contributed by atoms with Gasteiger partial charge in [-0.15, -0.1) is 0 Å². The summed E-state index contributed by atoms with van der Waals surface area (Å²) in [4.78, 5) is 42.0. The number of carboxylic acids is 1. The largest absolute Gasteiger partial charge is 0.481 e. The molecule has 0 atom stereocenters. The maximum absolute atomic E-state index is 11.4. The first-order valence-electron chi connectivity index (χ1n) is 9.94. The topological polar surface area (TPSA) is 135 Å². The van der Waals surface area contributed by atoms with Gasteiger partial charge in [-0.05, 0) is 12.8 Å². The van der Waals surface area contributed by atoms with Crippen LogP contribution >= 0.6 is 0 Å². The van der Waals surface area contributed by atoms with Crippen molar-refractivity contribution >= 4 is 23.9 Å². The summed E-state index contributed by atoms with van der Waals surface area (Å²) in [6.07, 6.45) is 3.72. The van der Waals surface area contributed by atoms with E-state index >= 15 is 0 Å². The van der Waals surface area contributed by atoms with E-state index in [0.29, 0.717) is 19.8 Å². The lowest BCUT2D eigenvalue weighted by Gasteiger charge is -2.37. The molecule has 0 bridgehead atoms. The van der Waals surface area contributed by atoms with Crippen LogP contribution in [0.2, 0.25) is 0 Å². The second-order valence-corrected chi connectivity index (χ2v) is 7.12. The summed E-state index contributed by atoms with van der Waals surface area (Å²) in [7, 11) is 0. The molecule has 1 saturated carbocycles. The molecule has 0 saturated heterocycles. The first-order chi connectivity index (χ1) is 14.1. The monoisotopic (exact) mass is 434 g/mol. The molecule has 1 fully saturated rings. The lowest BCUT2D eigenvalue weighted by atomic mass is 9.71. The Hall–Kier alpha value is -2.20. The molecule has 0 amide bonds. The highest BCUT2D eigenvalue weighted by Crippen LogP contribution is 2.40. The van der Waals surface area contributed by atoms with Crippen LogP contribution in [0.3, 0.4) is 0 Å². The predicted molar refractivity (Wildman–Crippen MR) is 105 cm³/mol. The van der Waals surface area contributed by atoms with Gasteiger partial charge in [-0.1, -0.05) is 13.3 Å². The number of ether oxygens (including phenoxy) is 5. The lowest BCUT2D eigenvalue weighted by molar-refractivity contribution is -0.151. The summed E-state index contributed by atoms with van der Waals surface area (Å²) in [5.74, 6) is -1.82. The molecule has 0 unspecified atom stereocenters. The zero-order valence-corrected chi connectivity index (χ0v) is 18.1. The Balaban J connectivity index is 0.000000612. The highest BCUT2D eigenvalue weighted by Gasteiger charge is 2.33. The van der Waals surface area contributed by atoms with Crippen molar-refractivity contribution in [2.75, 3.05) is 46.2 Å². The van der Waals surface area contributed by atoms with E-state index in [9.17, 15) is 19.2 Å². The Bertz CT molecular complexity index is 510. The van der Waals surface area contributed by atoms with E-state index in [1.807, 2.05) is 0 Å². The molecule has 0 radical (unpaired) electrons. The van der Waals surface area contributed by atoms with Crippen LogP contribution in [0.25, 0.3) is 0 Å². The second kappa shape index (κ2) is 16.6. The summed E-state index contributed by atoms with van der Waals surface area (Å²) >= 11 is 0. The lowest BCUT2D eigenvalue weighted by Crippen LogP contribution is -2.32. The molecule has 174 valence electrons. The van der Waals surface area contributed by atoms with Crippen LogP contribution in [0.5, 0.6) is 0 Å². The third-order valence-corrected chi connectivity index (χ3v) is 4.12. The Kier molecular flexibility index (Phi) is 15.4. The fraction of sp³-hybridized carbons (Fsp3) is 0.800. The van der Waals surface area contributed by atoms with Gasteiger partial charge in [-0.25, -0.2) is 0 Å². The highest BCUT2D eigenvalue weighted by atomic mass is 16.6. The van der Waals surface area contributed by atoms with Crippen molar-refractivity contribution in [2.24, 2.45) is 5.41 Å². The number of rotatable bonds is 14. The van der Waals surface area contributed by atoms with Crippen molar-refractivity contribution in [3.05, 3.63) is 0 Å². The molecular formula is C20H34O10. The van der Waals surface area contributed by atoms with E-state index in [1.54, 1.807) is 0 Å². The molecule has 1 rings (SSSR count). The number of carboxylic acid groups (broad SMARTS) is 1. The third kappa shape index (κ3) is 17.9. The molecular weight excluding hydrogens is 400 g/mol. The van der Waals surface area contributed by atoms with E-state index < -0.39 is 5.97 Å². The van der Waals surface area contributed by atoms with E-state index in [4.69, 9.17) is 19.3 Å². The molecule has 1 N–H and O–H groups in total. The first kappa shape index (κ1) is 27.8. The Labute approximate surface area is 177 Å². The second-order valence-electron chi connectivity index (χ2n) is 7.12. The maximum atomic E-state index is 11.4. The summed E-state index contributed by atoms with van der Waals surface area (Å²) in [5, 5.41) is 8.19. The molecule has 30 heavy (non-hydrogen) atoms. The minimum atomic E-state index is -0.900. The van der Waals surface area contributed by atoms with Gasteiger partial charge >= 0.3 is 23.9 Å². The molecule has 0 spiro atoms. The van der Waals surface area contributed by atoms with E-state index in [2.05, 4.69) is 16.4 Å². The average molecular weight is 434 g/mol. The van der Waals surface area contributed by atoms with Crippen molar-refractivity contribution in [1.82, 2.24) is 0 Å². The number of hydrogen-bond acceptors (Lipinski definition) is 9. The van der Waals surface area contributed by atoms with Gasteiger partial charge < -0.3 is 28.8 Å². The fourth-order valence-electron chi connectivity index (χ4n) is 2.26. The number of hydrogen-bond donors (Lipinski definition) is 1. The standard InChI is InChI=1S/C13H22O5.C7H12O5/c1-11(14)17-9-8-16-7-4-12(15)18-10-13(2)5-3-6-13;1-6(8)12-5-4-11-3-2-7(9)10/h3-10H2,1-2H3;2-5H2,1H3,(H,9,10). The third-order valence-electron chi connectivity index (χ3n) is 4.12. The Morgan fingerprint density at radius 2 is 1.27 bits per heavy atom. The summed E-state index contributed by atoms with van der Waals surface area (Å²) in [5.41, 5.74) is 0.200. The van der Waals surface area contributed by atoms with Crippen LogP contribution in [0, 0.1) is 5.41 Å². The number of aliphatic carboxylic acids is 1. The van der Waals surface area contributed by atoms with E-state index in [0.717, 1.165) is 12.8 Å². The molecule has 0 aromatic heterocycles. The van der Waals surface area contributed by atoms with E-state index in [-0.39, 0.29) is 62.6 Å². The quantitative estimate of drug-likeness (QED) is 0.245. The minimum absolute atomic E-state index is 0.0277. The maximum Gasteiger partial charge on any atom is 0.308 e. The average Bonchev–Trinajstić information content (AvgIpc) is 2.64. The van der Waals surface area contributed by atoms with Crippen molar-refractivity contribution < 1.29 is 48.0 Å². The van der Waals surface area contributed by atoms with Crippen LogP contribution in [0.15, 0.2) is 0 Å². The molecule has 0 heterocycles. The molecule has 0 aliphatic heterocycles. The first-order valence-corrected chi connectivity index (χ1v) is 9.94. The van der Waals surface area contributed by atoms with Gasteiger partial charge in [0.15, 0.2) is 0 Å². The number of carbonyl (C=O) groups is 4. The highest BCUT2D eigenvalue weighted by molar-refractivity contribution is 5.69. The summed E-state index contributed by atoms with van der Waals surface area (Å²) in [6, 6.07) is 0. The Morgan fingerprint density at radius 3 is 1.67 bits per heavy atom. The molecule has 0 aromatic carbocycles. The predicted octanol–water partition coefficient (Wildman–Crippen LogP) is 1.73. The van der Waals surface area contributed by atoms with Crippen molar-refractivity contribution in [2.45, 2.75) is 52.9 Å². The van der Waals surface area contributed by atoms with Gasteiger partial charge in [0.1, 0.15) is 13.2 Å². The summed E-state index contributed by atoms with van der Waals surface area (Å²) < 4.78 is 24.4. The zero-order valence-electron chi connectivity index (χ0n) is 18.1. The Morgan fingerprint density at radius 1 is 0.767 bits per heavy atom. The van der Waals surface area contributed by atoms with Gasteiger partial charge in [0.05, 0.1) is 45.9 Å². The molecule has 1 aliphatic carbocycles. The van der Waals surface area contributed by atoms with Crippen LogP contribution < -0.4 is 0 Å². The van der Waals surface area contributed by atoms with Gasteiger partial charge in [0.25, 0.3) is 0 Å². The zero-order chi connectivity index (χ0) is 22.8. The van der Waals surface area contributed by atoms with Crippen molar-refractivity contribution in [3.8, 4) is 0 Å². The number of esters is 3. The fourth-order valence-corrected chi connectivity index (χ4v) is 2.26. The smallest absolute Gasteiger partial charge is 0.308 e. The van der Waals surface area contributed by atoms with Crippen LogP contribution in [0.1, 0.15) is 52.9 Å². The van der Waals surface area contributed by atoms with E-state index in [1.165, 1.54) is 20.3 Å². The summed E-state index contributed by atoms with van der Waals surface area (Å²) in [6.45, 7) is 6.70. The van der Waals surface area contributed by atoms with Crippen LogP contribution in [0.4, 0.5) is 0 Å². The molecule has 0 aromatic rings. The molecule has 10 heteroatoms. The minimum Gasteiger partial charge on any atom is -0.481 e. The molecule has 1 aliphatic rings. The van der Waals surface area contributed by atoms with Crippen molar-refractivity contribution in [1.29, 1.82) is 0 Å². The van der Waals surface area contributed by atoms with Crippen LogP contribution in [-0.2, 0) is 42.9 Å². The van der Waals surface area contributed by atoms with Crippen LogP contribution in [-0.4, -0.2) is 75.2 Å².